The van der Waals surface area contributed by atoms with E-state index >= 15 is 0 Å². The number of hydrogen-bond donors (Lipinski definition) is 3. The summed E-state index contributed by atoms with van der Waals surface area (Å²) in [7, 11) is 0. The van der Waals surface area contributed by atoms with Gasteiger partial charge in [-0.25, -0.2) is 0 Å². The number of aryl methyl sites for hydroxylation is 1. The summed E-state index contributed by atoms with van der Waals surface area (Å²) in [6, 6.07) is 12.1. The van der Waals surface area contributed by atoms with Crippen LogP contribution in [-0.4, -0.2) is 5.91 Å². The molecule has 0 saturated heterocycles. The first-order valence-electron chi connectivity index (χ1n) is 7.09. The van der Waals surface area contributed by atoms with Crippen LogP contribution >= 0.6 is 0 Å². The molecule has 0 spiro atoms. The van der Waals surface area contributed by atoms with Crippen LogP contribution in [0.1, 0.15) is 32.6 Å². The normalized spacial score (nSPS) is 13.0. The van der Waals surface area contributed by atoms with E-state index < -0.39 is 5.91 Å². The number of carbonyl (C=O) groups is 1. The van der Waals surface area contributed by atoms with Gasteiger partial charge in [-0.15, -0.1) is 0 Å². The summed E-state index contributed by atoms with van der Waals surface area (Å²) in [5.41, 5.74) is 11.8. The van der Waals surface area contributed by atoms with E-state index in [4.69, 9.17) is 5.73 Å². The minimum absolute atomic E-state index is 0.407. The maximum Gasteiger partial charge on any atom is 0.250 e. The molecule has 0 bridgehead atoms. The summed E-state index contributed by atoms with van der Waals surface area (Å²) < 4.78 is 0. The SMILES string of the molecule is Cc1ccc(C(N)=O)c(NCc2ccc3c(c2)CNC3)c1. The van der Waals surface area contributed by atoms with Crippen LogP contribution in [0.25, 0.3) is 0 Å². The van der Waals surface area contributed by atoms with Crippen molar-refractivity contribution in [3.05, 3.63) is 64.2 Å². The first-order valence-corrected chi connectivity index (χ1v) is 7.09. The molecular weight excluding hydrogens is 262 g/mol. The van der Waals surface area contributed by atoms with Gasteiger partial charge in [0.15, 0.2) is 0 Å². The van der Waals surface area contributed by atoms with Crippen LogP contribution in [0, 0.1) is 6.92 Å². The highest BCUT2D eigenvalue weighted by molar-refractivity contribution is 5.98. The van der Waals surface area contributed by atoms with Crippen molar-refractivity contribution < 1.29 is 4.79 Å². The van der Waals surface area contributed by atoms with Crippen molar-refractivity contribution in [2.75, 3.05) is 5.32 Å². The molecule has 0 saturated carbocycles. The number of hydrogen-bond acceptors (Lipinski definition) is 3. The largest absolute Gasteiger partial charge is 0.380 e. The third kappa shape index (κ3) is 2.90. The van der Waals surface area contributed by atoms with Crippen molar-refractivity contribution in [2.24, 2.45) is 5.73 Å². The highest BCUT2D eigenvalue weighted by Gasteiger charge is 2.11. The number of primary amides is 1. The van der Waals surface area contributed by atoms with Gasteiger partial charge in [0, 0.05) is 25.3 Å². The number of nitrogens with two attached hydrogens (primary N) is 1. The second-order valence-corrected chi connectivity index (χ2v) is 5.47. The molecule has 4 N–H and O–H groups in total. The van der Waals surface area contributed by atoms with E-state index in [9.17, 15) is 4.79 Å². The van der Waals surface area contributed by atoms with Gasteiger partial charge in [-0.05, 0) is 41.3 Å². The fourth-order valence-electron chi connectivity index (χ4n) is 2.67. The Hall–Kier alpha value is -2.33. The maximum absolute atomic E-state index is 11.5. The van der Waals surface area contributed by atoms with Crippen molar-refractivity contribution in [2.45, 2.75) is 26.6 Å². The van der Waals surface area contributed by atoms with Crippen LogP contribution in [0.15, 0.2) is 36.4 Å². The molecule has 1 amide bonds. The quantitative estimate of drug-likeness (QED) is 0.805. The Balaban J connectivity index is 1.78. The van der Waals surface area contributed by atoms with Crippen molar-refractivity contribution >= 4 is 11.6 Å². The molecular formula is C17H19N3O. The van der Waals surface area contributed by atoms with E-state index in [1.807, 2.05) is 19.1 Å². The summed E-state index contributed by atoms with van der Waals surface area (Å²) in [5, 5.41) is 6.66. The number of anilines is 1. The molecule has 1 aliphatic heterocycles. The second kappa shape index (κ2) is 5.58. The molecule has 2 aromatic rings. The molecule has 0 fully saturated rings. The average molecular weight is 281 g/mol. The Kier molecular flexibility index (Phi) is 3.62. The predicted molar refractivity (Wildman–Crippen MR) is 84.0 cm³/mol. The summed E-state index contributed by atoms with van der Waals surface area (Å²) in [6.07, 6.45) is 0. The number of fused-ring (bicyclic) bond motifs is 1. The Bertz CT molecular complexity index is 694. The Morgan fingerprint density at radius 2 is 2.00 bits per heavy atom. The van der Waals surface area contributed by atoms with Crippen LogP contribution in [0.4, 0.5) is 5.69 Å². The second-order valence-electron chi connectivity index (χ2n) is 5.47. The minimum Gasteiger partial charge on any atom is -0.380 e. The van der Waals surface area contributed by atoms with Crippen LogP contribution < -0.4 is 16.4 Å². The van der Waals surface area contributed by atoms with E-state index in [2.05, 4.69) is 28.8 Å². The smallest absolute Gasteiger partial charge is 0.250 e. The van der Waals surface area contributed by atoms with Crippen LogP contribution in [-0.2, 0) is 19.6 Å². The van der Waals surface area contributed by atoms with Crippen molar-refractivity contribution in [3.8, 4) is 0 Å². The zero-order valence-corrected chi connectivity index (χ0v) is 12.1. The third-order valence-electron chi connectivity index (χ3n) is 3.83. The van der Waals surface area contributed by atoms with Crippen molar-refractivity contribution in [1.82, 2.24) is 5.32 Å². The van der Waals surface area contributed by atoms with E-state index in [1.165, 1.54) is 16.7 Å². The number of benzene rings is 2. The van der Waals surface area contributed by atoms with E-state index in [0.717, 1.165) is 24.3 Å². The molecule has 0 unspecified atom stereocenters. The molecule has 2 aromatic carbocycles. The molecule has 0 aliphatic carbocycles. The highest BCUT2D eigenvalue weighted by atomic mass is 16.1. The highest BCUT2D eigenvalue weighted by Crippen LogP contribution is 2.20. The summed E-state index contributed by atoms with van der Waals surface area (Å²) in [4.78, 5) is 11.5. The Labute approximate surface area is 124 Å². The van der Waals surface area contributed by atoms with Gasteiger partial charge in [0.05, 0.1) is 5.56 Å². The fourth-order valence-corrected chi connectivity index (χ4v) is 2.67. The Morgan fingerprint density at radius 3 is 2.81 bits per heavy atom. The lowest BCUT2D eigenvalue weighted by Crippen LogP contribution is -2.14. The molecule has 3 rings (SSSR count). The molecule has 108 valence electrons. The standard InChI is InChI=1S/C17H19N3O/c1-11-2-5-15(17(18)21)16(6-11)20-8-12-3-4-13-9-19-10-14(13)7-12/h2-7,19-20H,8-10H2,1H3,(H2,18,21). The summed E-state index contributed by atoms with van der Waals surface area (Å²) in [5.74, 6) is -0.407. The molecule has 4 heteroatoms. The van der Waals surface area contributed by atoms with Gasteiger partial charge in [-0.3, -0.25) is 4.79 Å². The molecule has 1 heterocycles. The van der Waals surface area contributed by atoms with Gasteiger partial charge in [0.1, 0.15) is 0 Å². The monoisotopic (exact) mass is 281 g/mol. The zero-order chi connectivity index (χ0) is 14.8. The first kappa shape index (κ1) is 13.6. The minimum atomic E-state index is -0.407. The van der Waals surface area contributed by atoms with Gasteiger partial charge in [-0.1, -0.05) is 24.3 Å². The lowest BCUT2D eigenvalue weighted by molar-refractivity contribution is 0.100. The fraction of sp³-hybridized carbons (Fsp3) is 0.235. The first-order chi connectivity index (χ1) is 10.1. The predicted octanol–water partition coefficient (Wildman–Crippen LogP) is 2.31. The molecule has 0 radical (unpaired) electrons. The van der Waals surface area contributed by atoms with E-state index in [-0.39, 0.29) is 0 Å². The van der Waals surface area contributed by atoms with Crippen molar-refractivity contribution in [3.63, 3.8) is 0 Å². The lowest BCUT2D eigenvalue weighted by Gasteiger charge is -2.12. The maximum atomic E-state index is 11.5. The van der Waals surface area contributed by atoms with Gasteiger partial charge in [0.2, 0.25) is 0 Å². The Morgan fingerprint density at radius 1 is 1.19 bits per heavy atom. The van der Waals surface area contributed by atoms with Crippen molar-refractivity contribution in [1.29, 1.82) is 0 Å². The summed E-state index contributed by atoms with van der Waals surface area (Å²) >= 11 is 0. The molecule has 0 atom stereocenters. The number of rotatable bonds is 4. The van der Waals surface area contributed by atoms with Gasteiger partial charge >= 0.3 is 0 Å². The van der Waals surface area contributed by atoms with Gasteiger partial charge in [0.25, 0.3) is 5.91 Å². The average Bonchev–Trinajstić information content (AvgIpc) is 2.92. The van der Waals surface area contributed by atoms with E-state index in [0.29, 0.717) is 12.1 Å². The molecule has 1 aliphatic rings. The van der Waals surface area contributed by atoms with Crippen LogP contribution in [0.5, 0.6) is 0 Å². The lowest BCUT2D eigenvalue weighted by atomic mass is 10.1. The zero-order valence-electron chi connectivity index (χ0n) is 12.1. The summed E-state index contributed by atoms with van der Waals surface area (Å²) in [6.45, 7) is 4.56. The van der Waals surface area contributed by atoms with E-state index in [1.54, 1.807) is 6.07 Å². The van der Waals surface area contributed by atoms with Gasteiger partial charge in [-0.2, -0.15) is 0 Å². The third-order valence-corrected chi connectivity index (χ3v) is 3.83. The van der Waals surface area contributed by atoms with Gasteiger partial charge < -0.3 is 16.4 Å². The molecule has 0 aromatic heterocycles. The molecule has 21 heavy (non-hydrogen) atoms. The number of carbonyl (C=O) groups excluding carboxylic acids is 1. The number of nitrogens with one attached hydrogen (secondary N) is 2. The van der Waals surface area contributed by atoms with Crippen LogP contribution in [0.2, 0.25) is 0 Å². The number of amides is 1. The molecule has 4 nitrogen and oxygen atoms in total. The topological polar surface area (TPSA) is 67.2 Å². The van der Waals surface area contributed by atoms with Crippen LogP contribution in [0.3, 0.4) is 0 Å².